The molecule has 0 unspecified atom stereocenters. The standard InChI is InChI=1S/C18H14FN3O2S/c19-14-8-15-11(4-5-17(24)21-15)7-13(14)16(23)10-25-18-20-9-12-3-1-2-6-22(12)18/h1-3,6-9H,4-5,10H2,(H,21,24). The summed E-state index contributed by atoms with van der Waals surface area (Å²) >= 11 is 1.27. The van der Waals surface area contributed by atoms with Gasteiger partial charge in [0.25, 0.3) is 0 Å². The van der Waals surface area contributed by atoms with Gasteiger partial charge < -0.3 is 5.32 Å². The molecule has 7 heteroatoms. The van der Waals surface area contributed by atoms with Crippen molar-refractivity contribution in [3.63, 3.8) is 0 Å². The third-order valence-corrected chi connectivity index (χ3v) is 5.09. The van der Waals surface area contributed by atoms with Crippen LogP contribution in [0, 0.1) is 5.82 Å². The number of carbonyl (C=O) groups excluding carboxylic acids is 2. The van der Waals surface area contributed by atoms with Gasteiger partial charge in [0, 0.05) is 18.3 Å². The molecule has 1 aromatic carbocycles. The second kappa shape index (κ2) is 6.33. The maximum Gasteiger partial charge on any atom is 0.224 e. The predicted octanol–water partition coefficient (Wildman–Crippen LogP) is 3.33. The number of hydrogen-bond donors (Lipinski definition) is 1. The zero-order chi connectivity index (χ0) is 17.4. The van der Waals surface area contributed by atoms with Crippen molar-refractivity contribution in [3.8, 4) is 0 Å². The van der Waals surface area contributed by atoms with E-state index in [0.717, 1.165) is 11.1 Å². The highest BCUT2D eigenvalue weighted by Crippen LogP contribution is 2.27. The van der Waals surface area contributed by atoms with Crippen molar-refractivity contribution in [1.82, 2.24) is 9.38 Å². The molecular formula is C18H14FN3O2S. The number of nitrogens with zero attached hydrogens (tertiary/aromatic N) is 2. The van der Waals surface area contributed by atoms with Crippen molar-refractivity contribution < 1.29 is 14.0 Å². The second-order valence-corrected chi connectivity index (χ2v) is 6.73. The third-order valence-electron chi connectivity index (χ3n) is 4.13. The minimum absolute atomic E-state index is 0.0586. The molecule has 3 aromatic rings. The first-order valence-corrected chi connectivity index (χ1v) is 8.81. The second-order valence-electron chi connectivity index (χ2n) is 5.79. The van der Waals surface area contributed by atoms with E-state index in [1.807, 2.05) is 28.8 Å². The van der Waals surface area contributed by atoms with Crippen molar-refractivity contribution in [2.45, 2.75) is 18.0 Å². The number of pyridine rings is 1. The zero-order valence-corrected chi connectivity index (χ0v) is 14.0. The molecule has 0 aliphatic carbocycles. The van der Waals surface area contributed by atoms with Gasteiger partial charge in [-0.2, -0.15) is 0 Å². The van der Waals surface area contributed by atoms with Gasteiger partial charge >= 0.3 is 0 Å². The highest BCUT2D eigenvalue weighted by molar-refractivity contribution is 7.99. The van der Waals surface area contributed by atoms with Gasteiger partial charge in [-0.25, -0.2) is 9.37 Å². The molecule has 0 spiro atoms. The van der Waals surface area contributed by atoms with Crippen molar-refractivity contribution in [2.75, 3.05) is 11.1 Å². The number of rotatable bonds is 4. The van der Waals surface area contributed by atoms with Crippen LogP contribution in [0.4, 0.5) is 10.1 Å². The summed E-state index contributed by atoms with van der Waals surface area (Å²) in [6.45, 7) is 0. The lowest BCUT2D eigenvalue weighted by Gasteiger charge is -2.17. The fourth-order valence-corrected chi connectivity index (χ4v) is 3.70. The minimum Gasteiger partial charge on any atom is -0.326 e. The number of carbonyl (C=O) groups is 2. The van der Waals surface area contributed by atoms with Crippen LogP contribution in [0.25, 0.3) is 5.52 Å². The number of hydrogen-bond acceptors (Lipinski definition) is 4. The van der Waals surface area contributed by atoms with E-state index in [1.165, 1.54) is 17.8 Å². The number of imidazole rings is 1. The Balaban J connectivity index is 1.54. The molecule has 1 aliphatic rings. The Bertz CT molecular complexity index is 999. The largest absolute Gasteiger partial charge is 0.326 e. The normalized spacial score (nSPS) is 13.6. The first-order valence-electron chi connectivity index (χ1n) is 7.82. The number of amides is 1. The summed E-state index contributed by atoms with van der Waals surface area (Å²) in [5, 5.41) is 3.32. The van der Waals surface area contributed by atoms with Crippen LogP contribution < -0.4 is 5.32 Å². The topological polar surface area (TPSA) is 63.5 Å². The van der Waals surface area contributed by atoms with Gasteiger partial charge in [0.2, 0.25) is 5.91 Å². The molecule has 1 N–H and O–H groups in total. The Labute approximate surface area is 147 Å². The van der Waals surface area contributed by atoms with Crippen molar-refractivity contribution in [2.24, 2.45) is 0 Å². The van der Waals surface area contributed by atoms with E-state index in [0.29, 0.717) is 23.7 Å². The molecule has 2 aromatic heterocycles. The van der Waals surface area contributed by atoms with E-state index >= 15 is 0 Å². The third kappa shape index (κ3) is 3.02. The van der Waals surface area contributed by atoms with Crippen LogP contribution in [-0.4, -0.2) is 26.8 Å². The van der Waals surface area contributed by atoms with Gasteiger partial charge in [-0.15, -0.1) is 0 Å². The van der Waals surface area contributed by atoms with Crippen LogP contribution >= 0.6 is 11.8 Å². The summed E-state index contributed by atoms with van der Waals surface area (Å²) < 4.78 is 16.2. The fraction of sp³-hybridized carbons (Fsp3) is 0.167. The molecule has 0 saturated carbocycles. The maximum absolute atomic E-state index is 14.3. The van der Waals surface area contributed by atoms with Crippen LogP contribution in [0.1, 0.15) is 22.3 Å². The molecule has 4 rings (SSSR count). The summed E-state index contributed by atoms with van der Waals surface area (Å²) in [4.78, 5) is 28.1. The fourth-order valence-electron chi connectivity index (χ4n) is 2.85. The number of aromatic nitrogens is 2. The average Bonchev–Trinajstić information content (AvgIpc) is 3.02. The number of aryl methyl sites for hydroxylation is 1. The zero-order valence-electron chi connectivity index (χ0n) is 13.2. The predicted molar refractivity (Wildman–Crippen MR) is 93.6 cm³/mol. The van der Waals surface area contributed by atoms with E-state index in [2.05, 4.69) is 10.3 Å². The Hall–Kier alpha value is -2.67. The summed E-state index contributed by atoms with van der Waals surface area (Å²) in [5.74, 6) is -0.946. The lowest BCUT2D eigenvalue weighted by Crippen LogP contribution is -2.20. The molecule has 0 saturated heterocycles. The van der Waals surface area contributed by atoms with Crippen LogP contribution in [0.5, 0.6) is 0 Å². The number of anilines is 1. The molecule has 0 atom stereocenters. The number of Topliss-reactive ketones (excluding diaryl/α,β-unsaturated/α-hetero) is 1. The molecule has 5 nitrogen and oxygen atoms in total. The molecule has 0 radical (unpaired) electrons. The molecule has 0 fully saturated rings. The Morgan fingerprint density at radius 1 is 1.32 bits per heavy atom. The summed E-state index contributed by atoms with van der Waals surface area (Å²) in [5.41, 5.74) is 2.24. The lowest BCUT2D eigenvalue weighted by atomic mass is 9.98. The van der Waals surface area contributed by atoms with Gasteiger partial charge in [-0.05, 0) is 36.2 Å². The summed E-state index contributed by atoms with van der Waals surface area (Å²) in [6, 6.07) is 8.51. The van der Waals surface area contributed by atoms with Crippen LogP contribution in [0.3, 0.4) is 0 Å². The van der Waals surface area contributed by atoms with Gasteiger partial charge in [-0.1, -0.05) is 17.8 Å². The van der Waals surface area contributed by atoms with Crippen molar-refractivity contribution in [3.05, 3.63) is 59.7 Å². The highest BCUT2D eigenvalue weighted by atomic mass is 32.2. The SMILES string of the molecule is O=C1CCc2cc(C(=O)CSc3ncc4ccccn34)c(F)cc2N1. The van der Waals surface area contributed by atoms with E-state index in [9.17, 15) is 14.0 Å². The number of ketones is 1. The van der Waals surface area contributed by atoms with Crippen LogP contribution in [0.2, 0.25) is 0 Å². The molecule has 3 heterocycles. The van der Waals surface area contributed by atoms with Crippen molar-refractivity contribution >= 4 is 34.7 Å². The monoisotopic (exact) mass is 355 g/mol. The lowest BCUT2D eigenvalue weighted by molar-refractivity contribution is -0.116. The van der Waals surface area contributed by atoms with Gasteiger partial charge in [-0.3, -0.25) is 14.0 Å². The first kappa shape index (κ1) is 15.8. The molecule has 25 heavy (non-hydrogen) atoms. The van der Waals surface area contributed by atoms with E-state index in [-0.39, 0.29) is 23.0 Å². The van der Waals surface area contributed by atoms with Gasteiger partial charge in [0.05, 0.1) is 23.0 Å². The molecule has 1 aliphatic heterocycles. The van der Waals surface area contributed by atoms with Gasteiger partial charge in [0.15, 0.2) is 10.9 Å². The number of fused-ring (bicyclic) bond motifs is 2. The minimum atomic E-state index is -0.612. The molecule has 0 bridgehead atoms. The van der Waals surface area contributed by atoms with E-state index in [1.54, 1.807) is 12.3 Å². The van der Waals surface area contributed by atoms with Gasteiger partial charge in [0.1, 0.15) is 5.82 Å². The number of nitrogens with one attached hydrogen (secondary N) is 1. The average molecular weight is 355 g/mol. The Morgan fingerprint density at radius 3 is 3.08 bits per heavy atom. The highest BCUT2D eigenvalue weighted by Gasteiger charge is 2.21. The van der Waals surface area contributed by atoms with Crippen molar-refractivity contribution in [1.29, 1.82) is 0 Å². The number of halogens is 1. The Morgan fingerprint density at radius 2 is 2.20 bits per heavy atom. The summed E-state index contributed by atoms with van der Waals surface area (Å²) in [6.07, 6.45) is 4.47. The quantitative estimate of drug-likeness (QED) is 0.576. The van der Waals surface area contributed by atoms with Crippen LogP contribution in [-0.2, 0) is 11.2 Å². The molecular weight excluding hydrogens is 341 g/mol. The molecule has 126 valence electrons. The molecule has 1 amide bonds. The number of benzene rings is 1. The van der Waals surface area contributed by atoms with E-state index < -0.39 is 5.82 Å². The smallest absolute Gasteiger partial charge is 0.224 e. The summed E-state index contributed by atoms with van der Waals surface area (Å²) in [7, 11) is 0. The maximum atomic E-state index is 14.3. The Kier molecular flexibility index (Phi) is 4.01. The van der Waals surface area contributed by atoms with E-state index in [4.69, 9.17) is 0 Å². The first-order chi connectivity index (χ1) is 12.1. The van der Waals surface area contributed by atoms with Crippen LogP contribution in [0.15, 0.2) is 47.9 Å². The number of thioether (sulfide) groups is 1.